The second-order valence-corrected chi connectivity index (χ2v) is 4.91. The number of fused-ring (bicyclic) bond motifs is 1. The van der Waals surface area contributed by atoms with Crippen molar-refractivity contribution in [2.24, 2.45) is 0 Å². The summed E-state index contributed by atoms with van der Waals surface area (Å²) in [4.78, 5) is 0. The van der Waals surface area contributed by atoms with Gasteiger partial charge in [-0.2, -0.15) is 0 Å². The van der Waals surface area contributed by atoms with E-state index < -0.39 is 0 Å². The predicted molar refractivity (Wildman–Crippen MR) is 73.9 cm³/mol. The number of hydrogen-bond acceptors (Lipinski definition) is 2. The molecule has 18 heavy (non-hydrogen) atoms. The van der Waals surface area contributed by atoms with Gasteiger partial charge in [-0.15, -0.1) is 0 Å². The van der Waals surface area contributed by atoms with Gasteiger partial charge in [0.2, 0.25) is 0 Å². The van der Waals surface area contributed by atoms with Crippen LogP contribution in [0.5, 0.6) is 0 Å². The minimum Gasteiger partial charge on any atom is -0.464 e. The zero-order chi connectivity index (χ0) is 12.4. The zero-order valence-electron chi connectivity index (χ0n) is 10.8. The molecule has 0 saturated carbocycles. The van der Waals surface area contributed by atoms with Gasteiger partial charge in [-0.05, 0) is 54.7 Å². The van der Waals surface area contributed by atoms with Gasteiger partial charge in [-0.3, -0.25) is 0 Å². The fourth-order valence-electron chi connectivity index (χ4n) is 2.58. The standard InChI is InChI=1S/C16H19NO/c1-2-15-8-9-16(18-15)11-17-14-7-6-12-4-3-5-13(12)10-14/h6-10,17H,2-5,11H2,1H3. The maximum atomic E-state index is 5.68. The highest BCUT2D eigenvalue weighted by Crippen LogP contribution is 2.25. The van der Waals surface area contributed by atoms with E-state index >= 15 is 0 Å². The van der Waals surface area contributed by atoms with E-state index in [-0.39, 0.29) is 0 Å². The summed E-state index contributed by atoms with van der Waals surface area (Å²) < 4.78 is 5.68. The third-order valence-electron chi connectivity index (χ3n) is 3.63. The summed E-state index contributed by atoms with van der Waals surface area (Å²) >= 11 is 0. The van der Waals surface area contributed by atoms with Gasteiger partial charge in [0.1, 0.15) is 11.5 Å². The summed E-state index contributed by atoms with van der Waals surface area (Å²) in [7, 11) is 0. The van der Waals surface area contributed by atoms with Crippen molar-refractivity contribution in [1.82, 2.24) is 0 Å². The van der Waals surface area contributed by atoms with Crippen LogP contribution in [-0.4, -0.2) is 0 Å². The number of rotatable bonds is 4. The topological polar surface area (TPSA) is 25.2 Å². The van der Waals surface area contributed by atoms with Crippen molar-refractivity contribution in [3.05, 3.63) is 53.0 Å². The average Bonchev–Trinajstić information content (AvgIpc) is 3.04. The van der Waals surface area contributed by atoms with E-state index in [0.29, 0.717) is 0 Å². The second-order valence-electron chi connectivity index (χ2n) is 4.91. The molecular formula is C16H19NO. The van der Waals surface area contributed by atoms with Crippen LogP contribution in [0.4, 0.5) is 5.69 Å². The van der Waals surface area contributed by atoms with Gasteiger partial charge in [0, 0.05) is 12.1 Å². The quantitative estimate of drug-likeness (QED) is 0.877. The Morgan fingerprint density at radius 2 is 1.89 bits per heavy atom. The Morgan fingerprint density at radius 1 is 1.06 bits per heavy atom. The summed E-state index contributed by atoms with van der Waals surface area (Å²) in [5, 5.41) is 3.43. The Balaban J connectivity index is 1.66. The van der Waals surface area contributed by atoms with Crippen LogP contribution < -0.4 is 5.32 Å². The van der Waals surface area contributed by atoms with E-state index in [2.05, 4.69) is 42.6 Å². The number of furan rings is 1. The van der Waals surface area contributed by atoms with Gasteiger partial charge in [-0.25, -0.2) is 0 Å². The zero-order valence-corrected chi connectivity index (χ0v) is 10.8. The highest BCUT2D eigenvalue weighted by molar-refractivity contribution is 5.50. The van der Waals surface area contributed by atoms with Crippen molar-refractivity contribution in [2.45, 2.75) is 39.2 Å². The van der Waals surface area contributed by atoms with E-state index in [1.54, 1.807) is 0 Å². The highest BCUT2D eigenvalue weighted by atomic mass is 16.3. The third kappa shape index (κ3) is 2.28. The van der Waals surface area contributed by atoms with Gasteiger partial charge in [0.25, 0.3) is 0 Å². The maximum Gasteiger partial charge on any atom is 0.123 e. The first-order valence-corrected chi connectivity index (χ1v) is 6.78. The fraction of sp³-hybridized carbons (Fsp3) is 0.375. The minimum atomic E-state index is 0.763. The van der Waals surface area contributed by atoms with Gasteiger partial charge in [0.15, 0.2) is 0 Å². The molecule has 94 valence electrons. The van der Waals surface area contributed by atoms with E-state index in [1.165, 1.54) is 36.1 Å². The van der Waals surface area contributed by atoms with Crippen LogP contribution in [0.3, 0.4) is 0 Å². The molecule has 0 amide bonds. The van der Waals surface area contributed by atoms with E-state index in [9.17, 15) is 0 Å². The molecule has 2 heteroatoms. The molecule has 3 rings (SSSR count). The first-order chi connectivity index (χ1) is 8.85. The molecule has 1 aliphatic carbocycles. The van der Waals surface area contributed by atoms with Gasteiger partial charge < -0.3 is 9.73 Å². The molecule has 2 nitrogen and oxygen atoms in total. The Bertz CT molecular complexity index is 542. The highest BCUT2D eigenvalue weighted by Gasteiger charge is 2.10. The van der Waals surface area contributed by atoms with E-state index in [1.807, 2.05) is 0 Å². The van der Waals surface area contributed by atoms with Crippen LogP contribution in [0.25, 0.3) is 0 Å². The summed E-state index contributed by atoms with van der Waals surface area (Å²) in [6, 6.07) is 10.8. The molecule has 1 aromatic heterocycles. The fourth-order valence-corrected chi connectivity index (χ4v) is 2.58. The molecule has 0 atom stereocenters. The Morgan fingerprint density at radius 3 is 2.72 bits per heavy atom. The molecular weight excluding hydrogens is 222 g/mol. The van der Waals surface area contributed by atoms with Crippen molar-refractivity contribution in [2.75, 3.05) is 5.32 Å². The summed E-state index contributed by atoms with van der Waals surface area (Å²) in [6.45, 7) is 2.87. The van der Waals surface area contributed by atoms with E-state index in [4.69, 9.17) is 4.42 Å². The average molecular weight is 241 g/mol. The SMILES string of the molecule is CCc1ccc(CNc2ccc3c(c2)CCC3)o1. The molecule has 0 fully saturated rings. The van der Waals surface area contributed by atoms with Crippen molar-refractivity contribution in [3.8, 4) is 0 Å². The molecule has 2 aromatic rings. The lowest BCUT2D eigenvalue weighted by atomic mass is 10.1. The Labute approximate surface area is 108 Å². The molecule has 0 unspecified atom stereocenters. The smallest absolute Gasteiger partial charge is 0.123 e. The first kappa shape index (κ1) is 11.4. The molecule has 1 aromatic carbocycles. The predicted octanol–water partition coefficient (Wildman–Crippen LogP) is 3.94. The number of nitrogens with one attached hydrogen (secondary N) is 1. The van der Waals surface area contributed by atoms with Gasteiger partial charge in [-0.1, -0.05) is 13.0 Å². The molecule has 1 aliphatic rings. The number of benzene rings is 1. The first-order valence-electron chi connectivity index (χ1n) is 6.78. The van der Waals surface area contributed by atoms with E-state index in [0.717, 1.165) is 24.5 Å². The Kier molecular flexibility index (Phi) is 3.09. The lowest BCUT2D eigenvalue weighted by Crippen LogP contribution is -1.98. The summed E-state index contributed by atoms with van der Waals surface area (Å²) in [5.41, 5.74) is 4.23. The molecule has 0 radical (unpaired) electrons. The van der Waals surface area contributed by atoms with Crippen LogP contribution in [0.15, 0.2) is 34.7 Å². The molecule has 0 saturated heterocycles. The molecule has 0 aliphatic heterocycles. The van der Waals surface area contributed by atoms with Crippen molar-refractivity contribution >= 4 is 5.69 Å². The second kappa shape index (κ2) is 4.89. The molecule has 0 bridgehead atoms. The Hall–Kier alpha value is -1.70. The lowest BCUT2D eigenvalue weighted by Gasteiger charge is -2.07. The minimum absolute atomic E-state index is 0.763. The van der Waals surface area contributed by atoms with Gasteiger partial charge in [0.05, 0.1) is 6.54 Å². The molecule has 1 heterocycles. The number of anilines is 1. The van der Waals surface area contributed by atoms with Crippen molar-refractivity contribution in [1.29, 1.82) is 0 Å². The van der Waals surface area contributed by atoms with Crippen LogP contribution in [-0.2, 0) is 25.8 Å². The maximum absolute atomic E-state index is 5.68. The summed E-state index contributed by atoms with van der Waals surface area (Å²) in [5.74, 6) is 2.06. The molecule has 1 N–H and O–H groups in total. The van der Waals surface area contributed by atoms with Crippen LogP contribution in [0, 0.1) is 0 Å². The monoisotopic (exact) mass is 241 g/mol. The third-order valence-corrected chi connectivity index (χ3v) is 3.63. The molecule has 0 spiro atoms. The van der Waals surface area contributed by atoms with Crippen LogP contribution in [0.1, 0.15) is 36.0 Å². The normalized spacial score (nSPS) is 13.6. The summed E-state index contributed by atoms with van der Waals surface area (Å²) in [6.07, 6.45) is 4.73. The largest absolute Gasteiger partial charge is 0.464 e. The van der Waals surface area contributed by atoms with Crippen molar-refractivity contribution in [3.63, 3.8) is 0 Å². The van der Waals surface area contributed by atoms with Crippen molar-refractivity contribution < 1.29 is 4.42 Å². The van der Waals surface area contributed by atoms with Gasteiger partial charge >= 0.3 is 0 Å². The lowest BCUT2D eigenvalue weighted by molar-refractivity contribution is 0.476. The van der Waals surface area contributed by atoms with Crippen LogP contribution >= 0.6 is 0 Å². The number of hydrogen-bond donors (Lipinski definition) is 1. The number of aryl methyl sites for hydroxylation is 3. The van der Waals surface area contributed by atoms with Crippen LogP contribution in [0.2, 0.25) is 0 Å².